The minimum absolute atomic E-state index is 0.0254. The number of rotatable bonds is 5. The third kappa shape index (κ3) is 4.21. The molecule has 1 aromatic carbocycles. The average molecular weight is 289 g/mol. The van der Waals surface area contributed by atoms with Crippen molar-refractivity contribution in [3.8, 4) is 0 Å². The zero-order valence-electron chi connectivity index (χ0n) is 12.7. The van der Waals surface area contributed by atoms with E-state index in [0.717, 1.165) is 17.8 Å². The molecule has 21 heavy (non-hydrogen) atoms. The maximum atomic E-state index is 11.9. The maximum Gasteiger partial charge on any atom is 0.224 e. The Morgan fingerprint density at radius 1 is 1.48 bits per heavy atom. The molecule has 1 aliphatic heterocycles. The number of likely N-dealkylation sites (tertiary alicyclic amines) is 1. The Bertz CT molecular complexity index is 542. The van der Waals surface area contributed by atoms with Gasteiger partial charge in [0.05, 0.1) is 0 Å². The molecule has 1 saturated heterocycles. The minimum Gasteiger partial charge on any atom is -0.399 e. The number of carbonyl (C=O) groups excluding carboxylic acids is 2. The zero-order valence-corrected chi connectivity index (χ0v) is 12.7. The smallest absolute Gasteiger partial charge is 0.224 e. The van der Waals surface area contributed by atoms with Crippen molar-refractivity contribution in [1.29, 1.82) is 0 Å². The number of hydrogen-bond acceptors (Lipinski definition) is 3. The van der Waals surface area contributed by atoms with Crippen LogP contribution in [-0.4, -0.2) is 29.8 Å². The zero-order chi connectivity index (χ0) is 15.4. The van der Waals surface area contributed by atoms with Crippen LogP contribution in [0.3, 0.4) is 0 Å². The summed E-state index contributed by atoms with van der Waals surface area (Å²) in [4.78, 5) is 25.4. The van der Waals surface area contributed by atoms with Crippen LogP contribution in [0.25, 0.3) is 0 Å². The van der Waals surface area contributed by atoms with Gasteiger partial charge in [-0.2, -0.15) is 0 Å². The number of hydrogen-bond donors (Lipinski definition) is 2. The van der Waals surface area contributed by atoms with E-state index in [1.165, 1.54) is 0 Å². The molecule has 1 fully saturated rings. The molecule has 1 aromatic rings. The summed E-state index contributed by atoms with van der Waals surface area (Å²) in [7, 11) is 0. The van der Waals surface area contributed by atoms with Crippen LogP contribution in [-0.2, 0) is 9.59 Å². The lowest BCUT2D eigenvalue weighted by molar-refractivity contribution is -0.128. The third-order valence-electron chi connectivity index (χ3n) is 3.76. The molecule has 2 rings (SSSR count). The van der Waals surface area contributed by atoms with Gasteiger partial charge in [-0.3, -0.25) is 9.59 Å². The topological polar surface area (TPSA) is 75.4 Å². The maximum absolute atomic E-state index is 11.9. The highest BCUT2D eigenvalue weighted by Crippen LogP contribution is 2.19. The third-order valence-corrected chi connectivity index (χ3v) is 3.76. The van der Waals surface area contributed by atoms with Gasteiger partial charge in [-0.05, 0) is 43.0 Å². The summed E-state index contributed by atoms with van der Waals surface area (Å²) >= 11 is 0. The molecule has 0 spiro atoms. The lowest BCUT2D eigenvalue weighted by Crippen LogP contribution is -2.27. The quantitative estimate of drug-likeness (QED) is 0.816. The van der Waals surface area contributed by atoms with E-state index < -0.39 is 0 Å². The van der Waals surface area contributed by atoms with E-state index >= 15 is 0 Å². The highest BCUT2D eigenvalue weighted by atomic mass is 16.2. The molecule has 1 aliphatic rings. The summed E-state index contributed by atoms with van der Waals surface area (Å²) in [5.41, 5.74) is 8.11. The normalized spacial score (nSPS) is 18.1. The number of nitrogens with zero attached hydrogens (tertiary/aromatic N) is 1. The molecule has 2 amide bonds. The van der Waals surface area contributed by atoms with Crippen molar-refractivity contribution in [3.05, 3.63) is 23.8 Å². The number of nitrogens with one attached hydrogen (secondary N) is 1. The highest BCUT2D eigenvalue weighted by Gasteiger charge is 2.25. The van der Waals surface area contributed by atoms with Gasteiger partial charge in [0.1, 0.15) is 0 Å². The van der Waals surface area contributed by atoms with Crippen LogP contribution in [0.2, 0.25) is 0 Å². The highest BCUT2D eigenvalue weighted by molar-refractivity contribution is 5.91. The summed E-state index contributed by atoms with van der Waals surface area (Å²) in [6.45, 7) is 5.47. The molecule has 5 nitrogen and oxygen atoms in total. The van der Waals surface area contributed by atoms with Crippen molar-refractivity contribution in [2.24, 2.45) is 5.92 Å². The van der Waals surface area contributed by atoms with Crippen LogP contribution in [0.5, 0.6) is 0 Å². The van der Waals surface area contributed by atoms with Gasteiger partial charge >= 0.3 is 0 Å². The van der Waals surface area contributed by atoms with Gasteiger partial charge in [-0.25, -0.2) is 0 Å². The summed E-state index contributed by atoms with van der Waals surface area (Å²) in [6, 6.07) is 5.42. The van der Waals surface area contributed by atoms with Crippen LogP contribution >= 0.6 is 0 Å². The van der Waals surface area contributed by atoms with Gasteiger partial charge in [-0.15, -0.1) is 0 Å². The molecule has 0 bridgehead atoms. The van der Waals surface area contributed by atoms with Gasteiger partial charge in [0.25, 0.3) is 0 Å². The molecule has 0 saturated carbocycles. The molecule has 1 atom stereocenters. The number of nitrogen functional groups attached to an aromatic ring is 1. The van der Waals surface area contributed by atoms with Crippen LogP contribution in [0, 0.1) is 12.8 Å². The SMILES string of the molecule is Cc1cc(N)ccc1NC(=O)CCCN1CC(C)CC1=O. The Balaban J connectivity index is 1.76. The number of nitrogens with two attached hydrogens (primary N) is 1. The van der Waals surface area contributed by atoms with Crippen molar-refractivity contribution < 1.29 is 9.59 Å². The molecule has 1 unspecified atom stereocenters. The fourth-order valence-corrected chi connectivity index (χ4v) is 2.66. The predicted molar refractivity (Wildman–Crippen MR) is 83.8 cm³/mol. The van der Waals surface area contributed by atoms with Crippen LogP contribution in [0.4, 0.5) is 11.4 Å². The molecule has 114 valence electrons. The van der Waals surface area contributed by atoms with Crippen molar-refractivity contribution in [3.63, 3.8) is 0 Å². The van der Waals surface area contributed by atoms with Crippen molar-refractivity contribution >= 4 is 23.2 Å². The van der Waals surface area contributed by atoms with E-state index in [-0.39, 0.29) is 11.8 Å². The number of anilines is 2. The van der Waals surface area contributed by atoms with E-state index in [9.17, 15) is 9.59 Å². The Hall–Kier alpha value is -2.04. The van der Waals surface area contributed by atoms with E-state index in [4.69, 9.17) is 5.73 Å². The predicted octanol–water partition coefficient (Wildman–Crippen LogP) is 2.16. The van der Waals surface area contributed by atoms with E-state index in [1.54, 1.807) is 6.07 Å². The number of amides is 2. The minimum atomic E-state index is -0.0254. The van der Waals surface area contributed by atoms with Gasteiger partial charge in [0.15, 0.2) is 0 Å². The Morgan fingerprint density at radius 2 is 2.24 bits per heavy atom. The Labute approximate surface area is 125 Å². The molecule has 0 aromatic heterocycles. The molecule has 0 aliphatic carbocycles. The van der Waals surface area contributed by atoms with Gasteiger partial charge < -0.3 is 16.0 Å². The first-order valence-electron chi connectivity index (χ1n) is 7.39. The van der Waals surface area contributed by atoms with Crippen LogP contribution in [0.1, 0.15) is 31.7 Å². The second-order valence-electron chi connectivity index (χ2n) is 5.88. The van der Waals surface area contributed by atoms with Crippen molar-refractivity contribution in [2.45, 2.75) is 33.1 Å². The van der Waals surface area contributed by atoms with E-state index in [0.29, 0.717) is 37.4 Å². The van der Waals surface area contributed by atoms with E-state index in [1.807, 2.05) is 24.0 Å². The summed E-state index contributed by atoms with van der Waals surface area (Å²) in [5.74, 6) is 0.614. The standard InChI is InChI=1S/C16H23N3O2/c1-11-8-16(21)19(10-11)7-3-4-15(20)18-14-6-5-13(17)9-12(14)2/h5-6,9,11H,3-4,7-8,10,17H2,1-2H3,(H,18,20). The summed E-state index contributed by atoms with van der Waals surface area (Å²) in [6.07, 6.45) is 1.75. The molecular formula is C16H23N3O2. The number of carbonyl (C=O) groups is 2. The first kappa shape index (κ1) is 15.4. The van der Waals surface area contributed by atoms with Crippen molar-refractivity contribution in [2.75, 3.05) is 24.1 Å². The summed E-state index contributed by atoms with van der Waals surface area (Å²) in [5, 5.41) is 2.88. The number of aryl methyl sites for hydroxylation is 1. The second kappa shape index (κ2) is 6.61. The van der Waals surface area contributed by atoms with E-state index in [2.05, 4.69) is 12.2 Å². The van der Waals surface area contributed by atoms with Crippen molar-refractivity contribution in [1.82, 2.24) is 4.90 Å². The Kier molecular flexibility index (Phi) is 4.83. The van der Waals surface area contributed by atoms with Gasteiger partial charge in [0, 0.05) is 37.3 Å². The second-order valence-corrected chi connectivity index (χ2v) is 5.88. The summed E-state index contributed by atoms with van der Waals surface area (Å²) < 4.78 is 0. The van der Waals surface area contributed by atoms with Crippen LogP contribution in [0.15, 0.2) is 18.2 Å². The first-order valence-corrected chi connectivity index (χ1v) is 7.39. The molecular weight excluding hydrogens is 266 g/mol. The largest absolute Gasteiger partial charge is 0.399 e. The molecule has 3 N–H and O–H groups in total. The van der Waals surface area contributed by atoms with Gasteiger partial charge in [0.2, 0.25) is 11.8 Å². The fraction of sp³-hybridized carbons (Fsp3) is 0.500. The monoisotopic (exact) mass is 289 g/mol. The average Bonchev–Trinajstić information content (AvgIpc) is 2.71. The Morgan fingerprint density at radius 3 is 2.86 bits per heavy atom. The molecule has 0 radical (unpaired) electrons. The van der Waals surface area contributed by atoms with Gasteiger partial charge in [-0.1, -0.05) is 6.92 Å². The fourth-order valence-electron chi connectivity index (χ4n) is 2.66. The lowest BCUT2D eigenvalue weighted by Gasteiger charge is -2.15. The molecule has 1 heterocycles. The number of benzene rings is 1. The van der Waals surface area contributed by atoms with Crippen LogP contribution < -0.4 is 11.1 Å². The lowest BCUT2D eigenvalue weighted by atomic mass is 10.1. The first-order chi connectivity index (χ1) is 9.95. The molecule has 5 heteroatoms.